The second-order valence-corrected chi connectivity index (χ2v) is 6.29. The van der Waals surface area contributed by atoms with Crippen molar-refractivity contribution in [3.8, 4) is 0 Å². The van der Waals surface area contributed by atoms with E-state index in [0.29, 0.717) is 0 Å². The Hall–Kier alpha value is -1.63. The number of halogens is 2. The number of amides is 1. The molecule has 0 saturated carbocycles. The Morgan fingerprint density at radius 2 is 2.05 bits per heavy atom. The van der Waals surface area contributed by atoms with Crippen LogP contribution < -0.4 is 5.32 Å². The van der Waals surface area contributed by atoms with Crippen LogP contribution in [0.4, 0.5) is 9.18 Å². The molecule has 5 nitrogen and oxygen atoms in total. The minimum Gasteiger partial charge on any atom is -0.481 e. The lowest BCUT2D eigenvalue weighted by Gasteiger charge is -2.23. The van der Waals surface area contributed by atoms with Crippen molar-refractivity contribution >= 4 is 28.0 Å². The van der Waals surface area contributed by atoms with Gasteiger partial charge in [0.1, 0.15) is 11.4 Å². The summed E-state index contributed by atoms with van der Waals surface area (Å²) >= 11 is 3.03. The predicted octanol–water partition coefficient (Wildman–Crippen LogP) is 3.63. The van der Waals surface area contributed by atoms with Gasteiger partial charge in [-0.05, 0) is 42.8 Å². The van der Waals surface area contributed by atoms with Crippen molar-refractivity contribution in [2.75, 3.05) is 0 Å². The first-order valence-corrected chi connectivity index (χ1v) is 7.04. The fraction of sp³-hybridized carbons (Fsp3) is 0.429. The molecule has 0 aliphatic rings. The third-order valence-corrected chi connectivity index (χ3v) is 3.04. The van der Waals surface area contributed by atoms with Crippen molar-refractivity contribution in [1.29, 1.82) is 0 Å². The van der Waals surface area contributed by atoms with Crippen LogP contribution in [0, 0.1) is 5.82 Å². The van der Waals surface area contributed by atoms with Crippen LogP contribution in [0.5, 0.6) is 0 Å². The summed E-state index contributed by atoms with van der Waals surface area (Å²) in [6.45, 7) is 5.04. The van der Waals surface area contributed by atoms with E-state index in [0.717, 1.165) is 0 Å². The summed E-state index contributed by atoms with van der Waals surface area (Å²) in [5, 5.41) is 11.3. The molecule has 1 amide bonds. The minimum atomic E-state index is -1.16. The molecule has 2 N–H and O–H groups in total. The number of nitrogens with one attached hydrogen (secondary N) is 1. The van der Waals surface area contributed by atoms with E-state index in [-0.39, 0.29) is 10.0 Å². The molecule has 7 heteroatoms. The molecule has 1 aromatic carbocycles. The number of benzene rings is 1. The molecule has 0 radical (unpaired) electrons. The fourth-order valence-corrected chi connectivity index (χ4v) is 2.03. The average Bonchev–Trinajstić information content (AvgIpc) is 2.28. The quantitative estimate of drug-likeness (QED) is 0.858. The highest BCUT2D eigenvalue weighted by Crippen LogP contribution is 2.26. The summed E-state index contributed by atoms with van der Waals surface area (Å²) in [5.74, 6) is -1.77. The van der Waals surface area contributed by atoms with Gasteiger partial charge in [0.25, 0.3) is 0 Å². The molecule has 0 saturated heterocycles. The first-order chi connectivity index (χ1) is 9.60. The molecule has 1 rings (SSSR count). The number of hydrogen-bond donors (Lipinski definition) is 2. The molecule has 1 aromatic rings. The van der Waals surface area contributed by atoms with E-state index < -0.39 is 35.9 Å². The van der Waals surface area contributed by atoms with Crippen LogP contribution in [0.1, 0.15) is 38.8 Å². The molecule has 0 bridgehead atoms. The molecule has 0 spiro atoms. The summed E-state index contributed by atoms with van der Waals surface area (Å²) in [5.41, 5.74) is -0.647. The van der Waals surface area contributed by atoms with Gasteiger partial charge in [-0.2, -0.15) is 0 Å². The van der Waals surface area contributed by atoms with Crippen LogP contribution in [0.25, 0.3) is 0 Å². The van der Waals surface area contributed by atoms with Crippen LogP contribution in [0.2, 0.25) is 0 Å². The molecule has 0 unspecified atom stereocenters. The lowest BCUT2D eigenvalue weighted by Crippen LogP contribution is -2.36. The van der Waals surface area contributed by atoms with Gasteiger partial charge < -0.3 is 15.2 Å². The SMILES string of the molecule is CC(C)(C)OC(=O)N[C@H](CC(=O)O)c1cccc(Br)c1F. The zero-order valence-corrected chi connectivity index (χ0v) is 13.5. The molecule has 21 heavy (non-hydrogen) atoms. The van der Waals surface area contributed by atoms with Gasteiger partial charge in [0.05, 0.1) is 16.9 Å². The van der Waals surface area contributed by atoms with Crippen molar-refractivity contribution in [2.24, 2.45) is 0 Å². The molecular formula is C14H17BrFNO4. The van der Waals surface area contributed by atoms with Crippen molar-refractivity contribution in [1.82, 2.24) is 5.32 Å². The molecule has 0 fully saturated rings. The van der Waals surface area contributed by atoms with E-state index in [2.05, 4.69) is 21.2 Å². The predicted molar refractivity (Wildman–Crippen MR) is 78.5 cm³/mol. The zero-order valence-electron chi connectivity index (χ0n) is 11.9. The number of carbonyl (C=O) groups excluding carboxylic acids is 1. The smallest absolute Gasteiger partial charge is 0.408 e. The Morgan fingerprint density at radius 3 is 2.57 bits per heavy atom. The van der Waals surface area contributed by atoms with Gasteiger partial charge in [-0.3, -0.25) is 4.79 Å². The van der Waals surface area contributed by atoms with Crippen molar-refractivity contribution in [2.45, 2.75) is 38.8 Å². The van der Waals surface area contributed by atoms with E-state index in [1.165, 1.54) is 12.1 Å². The lowest BCUT2D eigenvalue weighted by atomic mass is 10.0. The summed E-state index contributed by atoms with van der Waals surface area (Å²) in [7, 11) is 0. The standard InChI is InChI=1S/C14H17BrFNO4/c1-14(2,3)21-13(20)17-10(7-11(18)19)8-5-4-6-9(15)12(8)16/h4-6,10H,7H2,1-3H3,(H,17,20)(H,18,19)/t10-/m1/s1. The first-order valence-electron chi connectivity index (χ1n) is 6.25. The maximum Gasteiger partial charge on any atom is 0.408 e. The second kappa shape index (κ2) is 6.89. The Balaban J connectivity index is 2.98. The highest BCUT2D eigenvalue weighted by molar-refractivity contribution is 9.10. The maximum absolute atomic E-state index is 14.1. The average molecular weight is 362 g/mol. The maximum atomic E-state index is 14.1. The number of carboxylic acids is 1. The molecule has 0 aliphatic carbocycles. The number of carboxylic acid groups (broad SMARTS) is 1. The van der Waals surface area contributed by atoms with Crippen molar-refractivity contribution in [3.63, 3.8) is 0 Å². The van der Waals surface area contributed by atoms with E-state index in [9.17, 15) is 14.0 Å². The van der Waals surface area contributed by atoms with Crippen molar-refractivity contribution in [3.05, 3.63) is 34.1 Å². The molecule has 0 aromatic heterocycles. The number of aliphatic carboxylic acids is 1. The van der Waals surface area contributed by atoms with E-state index in [1.54, 1.807) is 26.8 Å². The third kappa shape index (κ3) is 5.71. The van der Waals surface area contributed by atoms with E-state index >= 15 is 0 Å². The number of alkyl carbamates (subject to hydrolysis) is 1. The van der Waals surface area contributed by atoms with Crippen LogP contribution in [0.3, 0.4) is 0 Å². The normalized spacial score (nSPS) is 12.6. The van der Waals surface area contributed by atoms with Crippen LogP contribution in [0.15, 0.2) is 22.7 Å². The van der Waals surface area contributed by atoms with Crippen LogP contribution in [-0.4, -0.2) is 22.8 Å². The van der Waals surface area contributed by atoms with Gasteiger partial charge in [0.15, 0.2) is 0 Å². The molecular weight excluding hydrogens is 345 g/mol. The highest BCUT2D eigenvalue weighted by atomic mass is 79.9. The Labute approximate surface area is 130 Å². The molecule has 116 valence electrons. The van der Waals surface area contributed by atoms with Crippen LogP contribution in [-0.2, 0) is 9.53 Å². The topological polar surface area (TPSA) is 75.6 Å². The summed E-state index contributed by atoms with van der Waals surface area (Å²) < 4.78 is 19.3. The van der Waals surface area contributed by atoms with Gasteiger partial charge in [-0.1, -0.05) is 12.1 Å². The van der Waals surface area contributed by atoms with Gasteiger partial charge in [0, 0.05) is 5.56 Å². The number of carbonyl (C=O) groups is 2. The van der Waals surface area contributed by atoms with Gasteiger partial charge in [-0.15, -0.1) is 0 Å². The molecule has 0 aliphatic heterocycles. The summed E-state index contributed by atoms with van der Waals surface area (Å²) in [6.07, 6.45) is -1.25. The zero-order chi connectivity index (χ0) is 16.2. The third-order valence-electron chi connectivity index (χ3n) is 2.43. The number of hydrogen-bond acceptors (Lipinski definition) is 3. The summed E-state index contributed by atoms with van der Waals surface area (Å²) in [6, 6.07) is 3.46. The van der Waals surface area contributed by atoms with Crippen LogP contribution >= 0.6 is 15.9 Å². The van der Waals surface area contributed by atoms with E-state index in [4.69, 9.17) is 9.84 Å². The number of rotatable bonds is 4. The monoisotopic (exact) mass is 361 g/mol. The molecule has 0 heterocycles. The Morgan fingerprint density at radius 1 is 1.43 bits per heavy atom. The van der Waals surface area contributed by atoms with Gasteiger partial charge in [-0.25, -0.2) is 9.18 Å². The molecule has 1 atom stereocenters. The minimum absolute atomic E-state index is 0.0811. The van der Waals surface area contributed by atoms with Gasteiger partial charge in [0.2, 0.25) is 0 Å². The highest BCUT2D eigenvalue weighted by Gasteiger charge is 2.25. The summed E-state index contributed by atoms with van der Waals surface area (Å²) in [4.78, 5) is 22.7. The second-order valence-electron chi connectivity index (χ2n) is 5.44. The van der Waals surface area contributed by atoms with Crippen molar-refractivity contribution < 1.29 is 23.8 Å². The Kier molecular flexibility index (Phi) is 5.71. The van der Waals surface area contributed by atoms with Gasteiger partial charge >= 0.3 is 12.1 Å². The lowest BCUT2D eigenvalue weighted by molar-refractivity contribution is -0.137. The fourth-order valence-electron chi connectivity index (χ4n) is 1.65. The van der Waals surface area contributed by atoms with E-state index in [1.807, 2.05) is 0 Å². The largest absolute Gasteiger partial charge is 0.481 e. The number of ether oxygens (including phenoxy) is 1. The Bertz CT molecular complexity index is 542. The first kappa shape index (κ1) is 17.4.